The van der Waals surface area contributed by atoms with Crippen LogP contribution < -0.4 is 5.32 Å². The van der Waals surface area contributed by atoms with Gasteiger partial charge in [-0.05, 0) is 43.3 Å². The van der Waals surface area contributed by atoms with Crippen LogP contribution in [0.5, 0.6) is 0 Å². The van der Waals surface area contributed by atoms with E-state index in [0.29, 0.717) is 22.8 Å². The molecule has 5 rings (SSSR count). The molecule has 6 heteroatoms. The van der Waals surface area contributed by atoms with E-state index in [4.69, 9.17) is 4.98 Å². The number of aryl methyl sites for hydroxylation is 1. The van der Waals surface area contributed by atoms with E-state index in [1.165, 1.54) is 0 Å². The van der Waals surface area contributed by atoms with Crippen LogP contribution in [-0.4, -0.2) is 25.7 Å². The van der Waals surface area contributed by atoms with Crippen molar-refractivity contribution in [2.45, 2.75) is 6.92 Å². The van der Waals surface area contributed by atoms with Crippen LogP contribution in [0.4, 0.5) is 5.82 Å². The SMILES string of the molecule is Cc1cc(NC(=O)c2cc(-c3ccccn3)nc3ccccc23)n(-c2ccccc2)n1. The molecule has 0 radical (unpaired) electrons. The third-order valence-corrected chi connectivity index (χ3v) is 4.96. The summed E-state index contributed by atoms with van der Waals surface area (Å²) >= 11 is 0. The zero-order valence-corrected chi connectivity index (χ0v) is 16.9. The minimum Gasteiger partial charge on any atom is -0.306 e. The van der Waals surface area contributed by atoms with Gasteiger partial charge in [0.15, 0.2) is 0 Å². The Bertz CT molecular complexity index is 1380. The monoisotopic (exact) mass is 405 g/mol. The number of amides is 1. The van der Waals surface area contributed by atoms with Crippen molar-refractivity contribution in [3.8, 4) is 17.1 Å². The predicted molar refractivity (Wildman–Crippen MR) is 121 cm³/mol. The summed E-state index contributed by atoms with van der Waals surface area (Å²) in [6.07, 6.45) is 1.72. The maximum Gasteiger partial charge on any atom is 0.257 e. The van der Waals surface area contributed by atoms with E-state index in [2.05, 4.69) is 15.4 Å². The van der Waals surface area contributed by atoms with Crippen molar-refractivity contribution in [1.29, 1.82) is 0 Å². The van der Waals surface area contributed by atoms with Crippen LogP contribution in [0, 0.1) is 6.92 Å². The molecule has 6 nitrogen and oxygen atoms in total. The third kappa shape index (κ3) is 3.67. The summed E-state index contributed by atoms with van der Waals surface area (Å²) in [6.45, 7) is 1.90. The molecule has 0 aliphatic heterocycles. The number of nitrogens with one attached hydrogen (secondary N) is 1. The lowest BCUT2D eigenvalue weighted by Crippen LogP contribution is -2.16. The number of carbonyl (C=O) groups is 1. The van der Waals surface area contributed by atoms with Gasteiger partial charge in [-0.1, -0.05) is 42.5 Å². The smallest absolute Gasteiger partial charge is 0.257 e. The number of nitrogens with zero attached hydrogens (tertiary/aromatic N) is 4. The Balaban J connectivity index is 1.58. The number of aromatic nitrogens is 4. The zero-order valence-electron chi connectivity index (χ0n) is 16.9. The number of anilines is 1. The normalized spacial score (nSPS) is 10.9. The summed E-state index contributed by atoms with van der Waals surface area (Å²) in [5.74, 6) is 0.377. The number of para-hydroxylation sites is 2. The van der Waals surface area contributed by atoms with Crippen molar-refractivity contribution in [2.24, 2.45) is 0 Å². The second-order valence-electron chi connectivity index (χ2n) is 7.16. The van der Waals surface area contributed by atoms with Gasteiger partial charge in [0.2, 0.25) is 0 Å². The first kappa shape index (κ1) is 18.7. The minimum atomic E-state index is -0.229. The van der Waals surface area contributed by atoms with Gasteiger partial charge in [-0.15, -0.1) is 0 Å². The largest absolute Gasteiger partial charge is 0.306 e. The van der Waals surface area contributed by atoms with Crippen LogP contribution in [0.15, 0.2) is 91.1 Å². The molecule has 0 aliphatic rings. The topological polar surface area (TPSA) is 72.7 Å². The number of fused-ring (bicyclic) bond motifs is 1. The highest BCUT2D eigenvalue weighted by atomic mass is 16.1. The van der Waals surface area contributed by atoms with Crippen molar-refractivity contribution in [2.75, 3.05) is 5.32 Å². The highest BCUT2D eigenvalue weighted by Crippen LogP contribution is 2.25. The molecule has 0 saturated heterocycles. The van der Waals surface area contributed by atoms with Crippen molar-refractivity contribution in [3.63, 3.8) is 0 Å². The average Bonchev–Trinajstić information content (AvgIpc) is 3.19. The van der Waals surface area contributed by atoms with Gasteiger partial charge in [-0.2, -0.15) is 5.10 Å². The second kappa shape index (κ2) is 7.84. The summed E-state index contributed by atoms with van der Waals surface area (Å²) in [6, 6.07) is 26.6. The molecule has 0 spiro atoms. The van der Waals surface area contributed by atoms with Crippen molar-refractivity contribution >= 4 is 22.6 Å². The minimum absolute atomic E-state index is 0.229. The molecule has 0 bridgehead atoms. The maximum atomic E-state index is 13.4. The van der Waals surface area contributed by atoms with Crippen LogP contribution in [0.3, 0.4) is 0 Å². The Labute approximate surface area is 179 Å². The fourth-order valence-corrected chi connectivity index (χ4v) is 3.55. The van der Waals surface area contributed by atoms with Gasteiger partial charge >= 0.3 is 0 Å². The summed E-state index contributed by atoms with van der Waals surface area (Å²) in [4.78, 5) is 22.5. The van der Waals surface area contributed by atoms with Gasteiger partial charge in [0.25, 0.3) is 5.91 Å². The first-order valence-corrected chi connectivity index (χ1v) is 9.94. The molecule has 3 heterocycles. The summed E-state index contributed by atoms with van der Waals surface area (Å²) < 4.78 is 1.73. The van der Waals surface area contributed by atoms with Gasteiger partial charge in [0.1, 0.15) is 5.82 Å². The fourth-order valence-electron chi connectivity index (χ4n) is 3.55. The molecule has 1 amide bonds. The van der Waals surface area contributed by atoms with Gasteiger partial charge < -0.3 is 5.32 Å². The fraction of sp³-hybridized carbons (Fsp3) is 0.0400. The third-order valence-electron chi connectivity index (χ3n) is 4.96. The molecule has 0 aliphatic carbocycles. The lowest BCUT2D eigenvalue weighted by molar-refractivity contribution is 0.102. The van der Waals surface area contributed by atoms with E-state index in [0.717, 1.165) is 22.3 Å². The van der Waals surface area contributed by atoms with E-state index in [-0.39, 0.29) is 5.91 Å². The molecular weight excluding hydrogens is 386 g/mol. The number of hydrogen-bond acceptors (Lipinski definition) is 4. The molecule has 1 N–H and O–H groups in total. The number of pyridine rings is 2. The Morgan fingerprint density at radius 2 is 1.65 bits per heavy atom. The Morgan fingerprint density at radius 1 is 0.871 bits per heavy atom. The van der Waals surface area contributed by atoms with Crippen LogP contribution in [0.2, 0.25) is 0 Å². The lowest BCUT2D eigenvalue weighted by atomic mass is 10.1. The van der Waals surface area contributed by atoms with E-state index in [1.54, 1.807) is 16.9 Å². The molecule has 3 aromatic heterocycles. The number of benzene rings is 2. The van der Waals surface area contributed by atoms with E-state index in [1.807, 2.05) is 85.8 Å². The summed E-state index contributed by atoms with van der Waals surface area (Å²) in [7, 11) is 0. The van der Waals surface area contributed by atoms with E-state index >= 15 is 0 Å². The molecule has 31 heavy (non-hydrogen) atoms. The lowest BCUT2D eigenvalue weighted by Gasteiger charge is -2.12. The van der Waals surface area contributed by atoms with Crippen molar-refractivity contribution in [1.82, 2.24) is 19.7 Å². The molecular formula is C25H19N5O. The second-order valence-corrected chi connectivity index (χ2v) is 7.16. The molecule has 5 aromatic rings. The zero-order chi connectivity index (χ0) is 21.2. The van der Waals surface area contributed by atoms with Gasteiger partial charge in [-0.3, -0.25) is 9.78 Å². The number of carbonyl (C=O) groups excluding carboxylic acids is 1. The van der Waals surface area contributed by atoms with Crippen molar-refractivity contribution in [3.05, 3.63) is 102 Å². The van der Waals surface area contributed by atoms with Gasteiger partial charge in [0, 0.05) is 17.6 Å². The first-order chi connectivity index (χ1) is 15.2. The van der Waals surface area contributed by atoms with Crippen LogP contribution in [0.1, 0.15) is 16.1 Å². The molecule has 0 saturated carbocycles. The average molecular weight is 405 g/mol. The van der Waals surface area contributed by atoms with E-state index in [9.17, 15) is 4.79 Å². The Kier molecular flexibility index (Phi) is 4.72. The van der Waals surface area contributed by atoms with Crippen LogP contribution >= 0.6 is 0 Å². The van der Waals surface area contributed by atoms with Gasteiger partial charge in [0.05, 0.1) is 33.8 Å². The number of hydrogen-bond donors (Lipinski definition) is 1. The first-order valence-electron chi connectivity index (χ1n) is 9.94. The van der Waals surface area contributed by atoms with Crippen molar-refractivity contribution < 1.29 is 4.79 Å². The Morgan fingerprint density at radius 3 is 2.45 bits per heavy atom. The molecule has 0 unspecified atom stereocenters. The van der Waals surface area contributed by atoms with Gasteiger partial charge in [-0.25, -0.2) is 9.67 Å². The molecule has 0 atom stereocenters. The molecule has 2 aromatic carbocycles. The highest BCUT2D eigenvalue weighted by molar-refractivity contribution is 6.12. The van der Waals surface area contributed by atoms with Crippen LogP contribution in [0.25, 0.3) is 28.0 Å². The summed E-state index contributed by atoms with van der Waals surface area (Å²) in [5.41, 5.74) is 4.32. The predicted octanol–water partition coefficient (Wildman–Crippen LogP) is 5.04. The van der Waals surface area contributed by atoms with E-state index < -0.39 is 0 Å². The standard InChI is InChI=1S/C25H19N5O/c1-17-15-24(30(29-17)18-9-3-2-4-10-18)28-25(31)20-16-23(22-13-7-8-14-26-22)27-21-12-6-5-11-19(20)21/h2-16H,1H3,(H,28,31). The molecule has 150 valence electrons. The quantitative estimate of drug-likeness (QED) is 0.454. The maximum absolute atomic E-state index is 13.4. The Hall–Kier alpha value is -4.32. The highest BCUT2D eigenvalue weighted by Gasteiger charge is 2.17. The summed E-state index contributed by atoms with van der Waals surface area (Å²) in [5, 5.41) is 8.34. The van der Waals surface area contributed by atoms with Crippen LogP contribution in [-0.2, 0) is 0 Å². The number of rotatable bonds is 4. The molecule has 0 fully saturated rings.